The lowest BCUT2D eigenvalue weighted by Gasteiger charge is -2.46. The minimum Gasteiger partial charge on any atom is -1.00 e. The van der Waals surface area contributed by atoms with Crippen LogP contribution in [0.25, 0.3) is 10.4 Å². The van der Waals surface area contributed by atoms with E-state index in [-0.39, 0.29) is 59.8 Å². The Kier molecular flexibility index (Phi) is 13.0. The molecule has 286 valence electrons. The van der Waals surface area contributed by atoms with Gasteiger partial charge >= 0.3 is 11.5 Å². The van der Waals surface area contributed by atoms with Gasteiger partial charge in [-0.2, -0.15) is 17.6 Å². The summed E-state index contributed by atoms with van der Waals surface area (Å²) in [5, 5.41) is 22.5. The van der Waals surface area contributed by atoms with Crippen LogP contribution in [0.4, 0.5) is 18.9 Å². The molecule has 1 aromatic carbocycles. The van der Waals surface area contributed by atoms with Crippen LogP contribution in [0, 0.1) is 22.0 Å². The molecule has 0 saturated carbocycles. The van der Waals surface area contributed by atoms with E-state index in [1.807, 2.05) is 44.8 Å². The summed E-state index contributed by atoms with van der Waals surface area (Å²) in [7, 11) is -4.05. The third-order valence-corrected chi connectivity index (χ3v) is 11.5. The minimum atomic E-state index is -6.09. The Morgan fingerprint density at radius 3 is 2.40 bits per heavy atom. The smallest absolute Gasteiger partial charge is 0.485 e. The number of imidazole rings is 1. The van der Waals surface area contributed by atoms with E-state index >= 15 is 0 Å². The maximum absolute atomic E-state index is 13.7. The normalized spacial score (nSPS) is 18.8. The van der Waals surface area contributed by atoms with Crippen LogP contribution < -0.4 is 33.1 Å². The minimum absolute atomic E-state index is 0. The molecule has 4 aromatic rings. The number of nitrogens with zero attached hydrogens (tertiary/aromatic N) is 5. The topological polar surface area (TPSA) is 179 Å². The van der Waals surface area contributed by atoms with Gasteiger partial charge < -0.3 is 43.3 Å². The highest BCUT2D eigenvalue weighted by molar-refractivity contribution is 7.98. The molecule has 5 heterocycles. The number of alkyl halides is 3. The predicted octanol–water partition coefficient (Wildman–Crippen LogP) is 0.353. The largest absolute Gasteiger partial charge is 1.00 e. The van der Waals surface area contributed by atoms with E-state index in [1.54, 1.807) is 42.2 Å². The number of pyridine rings is 1. The van der Waals surface area contributed by atoms with Gasteiger partial charge in [0.2, 0.25) is 15.8 Å². The lowest BCUT2D eigenvalue weighted by Crippen LogP contribution is -3.00. The first-order valence-corrected chi connectivity index (χ1v) is 19.0. The Morgan fingerprint density at radius 2 is 1.85 bits per heavy atom. The highest BCUT2D eigenvalue weighted by atomic mass is 127. The van der Waals surface area contributed by atoms with Gasteiger partial charge in [0.15, 0.2) is 22.0 Å². The molecule has 0 unspecified atom stereocenters. The van der Waals surface area contributed by atoms with Gasteiger partial charge in [0, 0.05) is 35.8 Å². The molecule has 1 fully saturated rings. The molecule has 21 heteroatoms. The highest BCUT2D eigenvalue weighted by Gasteiger charge is 2.60. The third kappa shape index (κ3) is 8.53. The molecule has 1 saturated heterocycles. The number of aromatic nitrogens is 3. The van der Waals surface area contributed by atoms with Crippen LogP contribution in [-0.4, -0.2) is 68.1 Å². The molecule has 2 aliphatic heterocycles. The highest BCUT2D eigenvalue weighted by Crippen LogP contribution is 2.52. The fraction of sp³-hybridized carbons (Fsp3) is 0.375. The number of aryl methyl sites for hydroxylation is 3. The van der Waals surface area contributed by atoms with Crippen molar-refractivity contribution >= 4 is 61.2 Å². The molecular formula is C32H33F3IN5O9S3. The number of hydrogen-bond acceptors (Lipinski definition) is 11. The summed E-state index contributed by atoms with van der Waals surface area (Å²) >= 11 is 3.22. The van der Waals surface area contributed by atoms with Gasteiger partial charge in [0.25, 0.3) is 12.0 Å². The van der Waals surface area contributed by atoms with Gasteiger partial charge in [0.05, 0.1) is 34.3 Å². The lowest BCUT2D eigenvalue weighted by atomic mass is 9.77. The van der Waals surface area contributed by atoms with Gasteiger partial charge in [-0.15, -0.1) is 0 Å². The number of non-ortho nitro benzene ring substituents is 1. The number of nitro benzene ring substituents is 1. The second kappa shape index (κ2) is 16.4. The third-order valence-electron chi connectivity index (χ3n) is 8.80. The van der Waals surface area contributed by atoms with E-state index in [4.69, 9.17) is 17.7 Å². The van der Waals surface area contributed by atoms with Crippen molar-refractivity contribution in [3.05, 3.63) is 93.1 Å². The molecule has 4 atom stereocenters. The molecule has 3 aromatic heterocycles. The average molecular weight is 912 g/mol. The Balaban J connectivity index is 0.000000627. The van der Waals surface area contributed by atoms with E-state index in [1.165, 1.54) is 22.7 Å². The number of carbonyl (C=O) groups excluding carboxylic acids is 2. The van der Waals surface area contributed by atoms with Gasteiger partial charge in [-0.05, 0) is 30.9 Å². The number of thioether (sulfide) groups is 1. The molecule has 0 bridgehead atoms. The molecule has 0 aliphatic carbocycles. The number of amides is 1. The Morgan fingerprint density at radius 1 is 1.21 bits per heavy atom. The summed E-state index contributed by atoms with van der Waals surface area (Å²) in [6.45, 7) is 4.29. The molecule has 0 radical (unpaired) electrons. The fourth-order valence-corrected chi connectivity index (χ4v) is 8.49. The van der Waals surface area contributed by atoms with Crippen molar-refractivity contribution < 1.29 is 83.6 Å². The first-order valence-electron chi connectivity index (χ1n) is 15.6. The van der Waals surface area contributed by atoms with Crippen LogP contribution in [0.15, 0.2) is 71.9 Å². The summed E-state index contributed by atoms with van der Waals surface area (Å²) < 4.78 is 71.0. The summed E-state index contributed by atoms with van der Waals surface area (Å²) in [4.78, 5) is 40.8. The van der Waals surface area contributed by atoms with Gasteiger partial charge in [-0.3, -0.25) is 14.9 Å². The van der Waals surface area contributed by atoms with Crippen molar-refractivity contribution in [3.63, 3.8) is 0 Å². The van der Waals surface area contributed by atoms with E-state index in [0.717, 1.165) is 33.3 Å². The summed E-state index contributed by atoms with van der Waals surface area (Å²) in [6, 6.07) is 11.6. The maximum Gasteiger partial charge on any atom is 0.485 e. The van der Waals surface area contributed by atoms with Crippen molar-refractivity contribution in [2.75, 3.05) is 6.26 Å². The van der Waals surface area contributed by atoms with Crippen LogP contribution in [0.3, 0.4) is 0 Å². The van der Waals surface area contributed by atoms with E-state index in [2.05, 4.69) is 25.9 Å². The monoisotopic (exact) mass is 911 g/mol. The number of rotatable bonds is 10. The van der Waals surface area contributed by atoms with Crippen LogP contribution >= 0.6 is 23.1 Å². The first kappa shape index (κ1) is 42.1. The molecule has 0 spiro atoms. The predicted molar refractivity (Wildman–Crippen MR) is 179 cm³/mol. The SMILES string of the molecule is CSc1c2sc(C3=C(C(=O)OCc4ccc([N+](=O)[O-])cc4)N4C(=O)[C@H]([C@@H](C)O)[C@H]4[C@H]3C)cn2c[n+]1CCc1cccc[n+]1C.O=S(=O)([O-])C(F)(F)F.[I-]. The number of fused-ring (bicyclic) bond motifs is 2. The van der Waals surface area contributed by atoms with Crippen LogP contribution in [0.1, 0.15) is 30.0 Å². The zero-order chi connectivity index (χ0) is 38.3. The number of β-lactam (4-membered cyclic amide) rings is 1. The summed E-state index contributed by atoms with van der Waals surface area (Å²) in [5.74, 6) is -1.75. The maximum atomic E-state index is 13.7. The van der Waals surface area contributed by atoms with Crippen LogP contribution in [0.5, 0.6) is 0 Å². The van der Waals surface area contributed by atoms with E-state index in [0.29, 0.717) is 5.56 Å². The molecule has 6 rings (SSSR count). The van der Waals surface area contributed by atoms with Crippen molar-refractivity contribution in [3.8, 4) is 0 Å². The van der Waals surface area contributed by atoms with Crippen LogP contribution in [-0.2, 0) is 51.1 Å². The summed E-state index contributed by atoms with van der Waals surface area (Å²) in [5.41, 5.74) is -2.95. The van der Waals surface area contributed by atoms with E-state index < -0.39 is 38.5 Å². The number of hydrogen-bond donors (Lipinski definition) is 1. The second-order valence-electron chi connectivity index (χ2n) is 12.1. The van der Waals surface area contributed by atoms with E-state index in [9.17, 15) is 38.0 Å². The quantitative estimate of drug-likeness (QED) is 0.0269. The fourth-order valence-electron chi connectivity index (χ4n) is 6.29. The number of nitro groups is 1. The molecule has 14 nitrogen and oxygen atoms in total. The van der Waals surface area contributed by atoms with Crippen molar-refractivity contribution in [1.29, 1.82) is 0 Å². The Hall–Kier alpha value is -3.64. The standard InChI is InChI=1S/C31H33N5O6S2.CHF3O3S.HI/c1-18-24(23-15-34-17-33(29(43-4)30(34)44-23)14-12-21-7-5-6-13-32(21)3)27(35-26(18)25(19(2)37)28(35)38)31(39)42-16-20-8-10-22(11-9-20)36(40)41;2-1(3,4)8(5,6)7;/h5-11,13,15,17-19,25-26,37H,12,14,16H2,1-4H3;(H,5,6,7);1H/q+2;;/p-2/t18-,19+,25+,26+;;/m0../s1. The number of esters is 1. The number of aliphatic hydroxyl groups is 1. The van der Waals surface area contributed by atoms with Crippen LogP contribution in [0.2, 0.25) is 0 Å². The average Bonchev–Trinajstić information content (AvgIpc) is 3.69. The zero-order valence-corrected chi connectivity index (χ0v) is 33.0. The lowest BCUT2D eigenvalue weighted by molar-refractivity contribution is -0.735. The van der Waals surface area contributed by atoms with Gasteiger partial charge in [-0.1, -0.05) is 36.1 Å². The molecular weight excluding hydrogens is 878 g/mol. The summed E-state index contributed by atoms with van der Waals surface area (Å²) in [6.07, 6.45) is 8.17. The number of aliphatic hydroxyl groups excluding tert-OH is 1. The van der Waals surface area contributed by atoms with Gasteiger partial charge in [-0.25, -0.2) is 22.3 Å². The first-order chi connectivity index (χ1) is 24.3. The molecule has 2 aliphatic rings. The number of ether oxygens (including phenoxy) is 1. The zero-order valence-electron chi connectivity index (χ0n) is 28.4. The molecule has 1 N–H and O–H groups in total. The molecule has 53 heavy (non-hydrogen) atoms. The number of halogens is 4. The van der Waals surface area contributed by atoms with Crippen molar-refractivity contribution in [2.24, 2.45) is 18.9 Å². The Bertz CT molecular complexity index is 2170. The number of carbonyl (C=O) groups is 2. The van der Waals surface area contributed by atoms with Crippen molar-refractivity contribution in [2.45, 2.75) is 56.1 Å². The molecule has 1 amide bonds. The van der Waals surface area contributed by atoms with Crippen molar-refractivity contribution in [1.82, 2.24) is 9.30 Å². The number of benzene rings is 1. The van der Waals surface area contributed by atoms with Gasteiger partial charge in [0.1, 0.15) is 32.1 Å². The number of thiazole rings is 1. The second-order valence-corrected chi connectivity index (χ2v) is 15.3. The Labute approximate surface area is 326 Å².